The van der Waals surface area contributed by atoms with E-state index in [1.165, 1.54) is 25.1 Å². The summed E-state index contributed by atoms with van der Waals surface area (Å²) in [5.41, 5.74) is 1.31. The minimum Gasteiger partial charge on any atom is -0.406 e. The first-order chi connectivity index (χ1) is 8.24. The van der Waals surface area contributed by atoms with Gasteiger partial charge in [-0.05, 0) is 36.6 Å². The van der Waals surface area contributed by atoms with Crippen molar-refractivity contribution in [1.29, 1.82) is 0 Å². The first-order valence-corrected chi connectivity index (χ1v) is 6.19. The number of hydrogen-bond donors (Lipinski definition) is 0. The van der Waals surface area contributed by atoms with Crippen LogP contribution in [0.15, 0.2) is 18.2 Å². The van der Waals surface area contributed by atoms with Gasteiger partial charge in [-0.1, -0.05) is 28.9 Å². The van der Waals surface area contributed by atoms with Crippen LogP contribution in [0.4, 0.5) is 13.2 Å². The Morgan fingerprint density at radius 2 is 2.06 bits per heavy atom. The monoisotopic (exact) mass is 324 g/mol. The van der Waals surface area contributed by atoms with E-state index in [0.29, 0.717) is 12.0 Å². The zero-order valence-electron chi connectivity index (χ0n) is 9.84. The molecule has 1 aromatic rings. The molecule has 2 nitrogen and oxygen atoms in total. The largest absolute Gasteiger partial charge is 0.573 e. The van der Waals surface area contributed by atoms with Crippen LogP contribution in [0.25, 0.3) is 0 Å². The molecule has 1 aromatic carbocycles. The summed E-state index contributed by atoms with van der Waals surface area (Å²) in [7, 11) is 0. The van der Waals surface area contributed by atoms with Crippen molar-refractivity contribution in [3.63, 3.8) is 0 Å². The number of Topliss-reactive ketones (excluding diaryl/α,β-unsaturated/α-hetero) is 1. The summed E-state index contributed by atoms with van der Waals surface area (Å²) in [5, 5.41) is 0. The molecular formula is C12H12BrF3O2. The Balaban J connectivity index is 3.13. The Kier molecular flexibility index (Phi) is 4.78. The van der Waals surface area contributed by atoms with E-state index in [1.54, 1.807) is 0 Å². The van der Waals surface area contributed by atoms with Crippen molar-refractivity contribution in [2.24, 2.45) is 0 Å². The standard InChI is InChI=1S/C12H12BrF3O2/c1-3-8-4-5-9(18-12(14,15)16)6-10(8)11(13)7(2)17/h4-6,11H,3H2,1-2H3. The van der Waals surface area contributed by atoms with Gasteiger partial charge in [0.2, 0.25) is 0 Å². The fourth-order valence-corrected chi connectivity index (χ4v) is 1.97. The molecule has 0 amide bonds. The number of carbonyl (C=O) groups is 1. The molecule has 1 atom stereocenters. The van der Waals surface area contributed by atoms with Crippen molar-refractivity contribution in [3.8, 4) is 5.75 Å². The number of ether oxygens (including phenoxy) is 1. The quantitative estimate of drug-likeness (QED) is 0.777. The van der Waals surface area contributed by atoms with E-state index >= 15 is 0 Å². The topological polar surface area (TPSA) is 26.3 Å². The highest BCUT2D eigenvalue weighted by atomic mass is 79.9. The minimum absolute atomic E-state index is 0.172. The van der Waals surface area contributed by atoms with Gasteiger partial charge in [0.05, 0.1) is 4.83 Å². The average molecular weight is 325 g/mol. The van der Waals surface area contributed by atoms with Gasteiger partial charge in [-0.15, -0.1) is 13.2 Å². The van der Waals surface area contributed by atoms with Gasteiger partial charge >= 0.3 is 6.36 Å². The van der Waals surface area contributed by atoms with E-state index in [1.807, 2.05) is 6.92 Å². The number of benzene rings is 1. The number of halogens is 4. The third-order valence-corrected chi connectivity index (χ3v) is 3.50. The molecule has 0 aliphatic rings. The van der Waals surface area contributed by atoms with Crippen LogP contribution in [0.2, 0.25) is 0 Å². The van der Waals surface area contributed by atoms with Crippen LogP contribution in [0, 0.1) is 0 Å². The molecule has 100 valence electrons. The predicted molar refractivity (Wildman–Crippen MR) is 64.9 cm³/mol. The molecule has 0 fully saturated rings. The second-order valence-electron chi connectivity index (χ2n) is 3.74. The van der Waals surface area contributed by atoms with E-state index in [-0.39, 0.29) is 11.5 Å². The van der Waals surface area contributed by atoms with Crippen LogP contribution in [0.3, 0.4) is 0 Å². The van der Waals surface area contributed by atoms with Crippen molar-refractivity contribution in [3.05, 3.63) is 29.3 Å². The fraction of sp³-hybridized carbons (Fsp3) is 0.417. The lowest BCUT2D eigenvalue weighted by molar-refractivity contribution is -0.274. The molecule has 0 spiro atoms. The van der Waals surface area contributed by atoms with E-state index < -0.39 is 11.2 Å². The lowest BCUT2D eigenvalue weighted by Crippen LogP contribution is -2.17. The lowest BCUT2D eigenvalue weighted by atomic mass is 10.0. The molecule has 0 bridgehead atoms. The van der Waals surface area contributed by atoms with Crippen LogP contribution in [-0.4, -0.2) is 12.1 Å². The maximum Gasteiger partial charge on any atom is 0.573 e. The zero-order valence-corrected chi connectivity index (χ0v) is 11.4. The molecule has 0 saturated heterocycles. The van der Waals surface area contributed by atoms with E-state index in [0.717, 1.165) is 5.56 Å². The maximum absolute atomic E-state index is 12.1. The van der Waals surface area contributed by atoms with Gasteiger partial charge in [-0.3, -0.25) is 4.79 Å². The predicted octanol–water partition coefficient (Wildman–Crippen LogP) is 4.17. The number of ketones is 1. The zero-order chi connectivity index (χ0) is 13.9. The normalized spacial score (nSPS) is 13.2. The molecule has 0 N–H and O–H groups in total. The van der Waals surface area contributed by atoms with Gasteiger partial charge in [-0.25, -0.2) is 0 Å². The lowest BCUT2D eigenvalue weighted by Gasteiger charge is -2.15. The molecule has 6 heteroatoms. The van der Waals surface area contributed by atoms with Crippen molar-refractivity contribution < 1.29 is 22.7 Å². The summed E-state index contributed by atoms with van der Waals surface area (Å²) in [6.45, 7) is 3.24. The Bertz CT molecular complexity index is 443. The van der Waals surface area contributed by atoms with Gasteiger partial charge in [0.15, 0.2) is 0 Å². The molecule has 0 radical (unpaired) electrons. The second kappa shape index (κ2) is 5.73. The van der Waals surface area contributed by atoms with Gasteiger partial charge in [-0.2, -0.15) is 0 Å². The summed E-state index contributed by atoms with van der Waals surface area (Å²) in [6.07, 6.45) is -4.11. The fourth-order valence-electron chi connectivity index (χ4n) is 1.55. The number of alkyl halides is 4. The van der Waals surface area contributed by atoms with Gasteiger partial charge in [0.25, 0.3) is 0 Å². The summed E-state index contributed by atoms with van der Waals surface area (Å²) < 4.78 is 40.2. The molecule has 0 aliphatic heterocycles. The first-order valence-electron chi connectivity index (χ1n) is 5.27. The molecule has 0 saturated carbocycles. The Labute approximate surface area is 111 Å². The summed E-state index contributed by atoms with van der Waals surface area (Å²) in [4.78, 5) is 10.7. The molecule has 1 rings (SSSR count). The molecule has 0 heterocycles. The number of rotatable bonds is 4. The highest BCUT2D eigenvalue weighted by Crippen LogP contribution is 2.32. The average Bonchev–Trinajstić information content (AvgIpc) is 2.25. The molecule has 1 unspecified atom stereocenters. The number of hydrogen-bond acceptors (Lipinski definition) is 2. The van der Waals surface area contributed by atoms with Crippen LogP contribution >= 0.6 is 15.9 Å². The van der Waals surface area contributed by atoms with Crippen molar-refractivity contribution in [1.82, 2.24) is 0 Å². The maximum atomic E-state index is 12.1. The highest BCUT2D eigenvalue weighted by molar-refractivity contribution is 9.09. The summed E-state index contributed by atoms with van der Waals surface area (Å²) >= 11 is 3.17. The van der Waals surface area contributed by atoms with E-state index in [2.05, 4.69) is 20.7 Å². The smallest absolute Gasteiger partial charge is 0.406 e. The SMILES string of the molecule is CCc1ccc(OC(F)(F)F)cc1C(Br)C(C)=O. The summed E-state index contributed by atoms with van der Waals surface area (Å²) in [6, 6.07) is 4.02. The van der Waals surface area contributed by atoms with E-state index in [9.17, 15) is 18.0 Å². The van der Waals surface area contributed by atoms with Gasteiger partial charge in [0, 0.05) is 0 Å². The Hall–Kier alpha value is -1.04. The van der Waals surface area contributed by atoms with Crippen LogP contribution in [0.5, 0.6) is 5.75 Å². The third-order valence-electron chi connectivity index (χ3n) is 2.36. The minimum atomic E-state index is -4.73. The molecule has 0 aliphatic carbocycles. The third kappa shape index (κ3) is 4.01. The molecule has 0 aromatic heterocycles. The number of carbonyl (C=O) groups excluding carboxylic acids is 1. The molecule has 18 heavy (non-hydrogen) atoms. The van der Waals surface area contributed by atoms with Crippen molar-refractivity contribution >= 4 is 21.7 Å². The van der Waals surface area contributed by atoms with Crippen molar-refractivity contribution in [2.45, 2.75) is 31.5 Å². The highest BCUT2D eigenvalue weighted by Gasteiger charge is 2.31. The van der Waals surface area contributed by atoms with Crippen LogP contribution < -0.4 is 4.74 Å². The molecular weight excluding hydrogens is 313 g/mol. The summed E-state index contributed by atoms with van der Waals surface area (Å²) in [5.74, 6) is -0.491. The van der Waals surface area contributed by atoms with Crippen molar-refractivity contribution in [2.75, 3.05) is 0 Å². The second-order valence-corrected chi connectivity index (χ2v) is 4.65. The van der Waals surface area contributed by atoms with Crippen LogP contribution in [0.1, 0.15) is 29.8 Å². The van der Waals surface area contributed by atoms with Gasteiger partial charge < -0.3 is 4.74 Å². The Morgan fingerprint density at radius 1 is 1.44 bits per heavy atom. The van der Waals surface area contributed by atoms with Crippen LogP contribution in [-0.2, 0) is 11.2 Å². The first kappa shape index (κ1) is 15.0. The van der Waals surface area contributed by atoms with Gasteiger partial charge in [0.1, 0.15) is 11.5 Å². The number of aryl methyl sites for hydroxylation is 1. The Morgan fingerprint density at radius 3 is 2.50 bits per heavy atom. The van der Waals surface area contributed by atoms with E-state index in [4.69, 9.17) is 0 Å².